The average molecular weight is 314 g/mol. The molecule has 23 heavy (non-hydrogen) atoms. The molecule has 0 atom stereocenters. The summed E-state index contributed by atoms with van der Waals surface area (Å²) in [5.41, 5.74) is 1.72. The molecule has 6 nitrogen and oxygen atoms in total. The summed E-state index contributed by atoms with van der Waals surface area (Å²) >= 11 is 0. The number of carbonyl (C=O) groups excluding carboxylic acids is 1. The highest BCUT2D eigenvalue weighted by Crippen LogP contribution is 2.22. The van der Waals surface area contributed by atoms with E-state index in [0.29, 0.717) is 5.92 Å². The number of aromatic nitrogens is 3. The first-order chi connectivity index (χ1) is 11.1. The van der Waals surface area contributed by atoms with Crippen molar-refractivity contribution in [1.82, 2.24) is 19.7 Å². The summed E-state index contributed by atoms with van der Waals surface area (Å²) in [6, 6.07) is 7.82. The lowest BCUT2D eigenvalue weighted by Crippen LogP contribution is -2.37. The maximum Gasteiger partial charge on any atom is 0.347 e. The van der Waals surface area contributed by atoms with Gasteiger partial charge >= 0.3 is 5.69 Å². The van der Waals surface area contributed by atoms with Crippen molar-refractivity contribution in [2.75, 3.05) is 13.1 Å². The van der Waals surface area contributed by atoms with Gasteiger partial charge in [0.15, 0.2) is 0 Å². The van der Waals surface area contributed by atoms with Gasteiger partial charge in [0.25, 0.3) is 0 Å². The van der Waals surface area contributed by atoms with Crippen molar-refractivity contribution in [1.29, 1.82) is 0 Å². The molecule has 0 saturated carbocycles. The van der Waals surface area contributed by atoms with Crippen LogP contribution < -0.4 is 5.69 Å². The molecule has 6 heteroatoms. The lowest BCUT2D eigenvalue weighted by molar-refractivity contribution is -0.130. The summed E-state index contributed by atoms with van der Waals surface area (Å²) < 4.78 is 1.67. The van der Waals surface area contributed by atoms with Crippen LogP contribution in [0.2, 0.25) is 0 Å². The first-order valence-electron chi connectivity index (χ1n) is 8.04. The Hall–Kier alpha value is -2.37. The molecule has 1 fully saturated rings. The fraction of sp³-hybridized carbons (Fsp3) is 0.471. The van der Waals surface area contributed by atoms with E-state index in [1.807, 2.05) is 36.1 Å². The van der Waals surface area contributed by atoms with Crippen LogP contribution in [0.5, 0.6) is 0 Å². The van der Waals surface area contributed by atoms with Crippen molar-refractivity contribution in [2.24, 2.45) is 5.92 Å². The second-order valence-corrected chi connectivity index (χ2v) is 6.22. The van der Waals surface area contributed by atoms with E-state index in [4.69, 9.17) is 0 Å². The first kappa shape index (κ1) is 15.5. The molecule has 1 saturated heterocycles. The largest absolute Gasteiger partial charge is 0.347 e. The summed E-state index contributed by atoms with van der Waals surface area (Å²) in [7, 11) is 0. The number of piperidine rings is 1. The first-order valence-corrected chi connectivity index (χ1v) is 8.04. The molecule has 0 radical (unpaired) electrons. The second kappa shape index (κ2) is 6.40. The van der Waals surface area contributed by atoms with Crippen LogP contribution >= 0.6 is 0 Å². The van der Waals surface area contributed by atoms with Crippen LogP contribution in [0, 0.1) is 12.8 Å². The van der Waals surface area contributed by atoms with Crippen molar-refractivity contribution < 1.29 is 4.79 Å². The fourth-order valence-corrected chi connectivity index (χ4v) is 3.24. The number of aryl methyl sites for hydroxylation is 1. The van der Waals surface area contributed by atoms with Crippen LogP contribution in [0.4, 0.5) is 0 Å². The van der Waals surface area contributed by atoms with Gasteiger partial charge in [-0.1, -0.05) is 18.2 Å². The molecule has 0 bridgehead atoms. The van der Waals surface area contributed by atoms with Gasteiger partial charge in [-0.3, -0.25) is 4.79 Å². The van der Waals surface area contributed by atoms with Crippen molar-refractivity contribution in [2.45, 2.75) is 33.1 Å². The highest BCUT2D eigenvalue weighted by molar-refractivity contribution is 5.73. The SMILES string of the molecule is CC(=O)N1CCC(Cc2n[nH]c(=O)n2-c2ccccc2C)CC1. The number of H-pyrrole nitrogens is 1. The molecule has 1 aromatic heterocycles. The molecule has 1 N–H and O–H groups in total. The van der Waals surface area contributed by atoms with Crippen LogP contribution in [0.3, 0.4) is 0 Å². The van der Waals surface area contributed by atoms with Crippen LogP contribution in [0.25, 0.3) is 5.69 Å². The van der Waals surface area contributed by atoms with Gasteiger partial charge in [0.2, 0.25) is 5.91 Å². The van der Waals surface area contributed by atoms with Crippen molar-refractivity contribution in [3.63, 3.8) is 0 Å². The Morgan fingerprint density at radius 3 is 2.65 bits per heavy atom. The van der Waals surface area contributed by atoms with E-state index in [0.717, 1.165) is 49.4 Å². The molecule has 1 aromatic carbocycles. The van der Waals surface area contributed by atoms with Crippen LogP contribution in [-0.4, -0.2) is 38.7 Å². The van der Waals surface area contributed by atoms with Gasteiger partial charge in [-0.2, -0.15) is 5.10 Å². The van der Waals surface area contributed by atoms with Gasteiger partial charge < -0.3 is 4.90 Å². The van der Waals surface area contributed by atoms with Gasteiger partial charge in [-0.05, 0) is 37.3 Å². The third kappa shape index (κ3) is 3.21. The maximum absolute atomic E-state index is 12.2. The minimum absolute atomic E-state index is 0.139. The zero-order chi connectivity index (χ0) is 16.4. The smallest absolute Gasteiger partial charge is 0.343 e. The van der Waals surface area contributed by atoms with Crippen molar-refractivity contribution >= 4 is 5.91 Å². The Kier molecular flexibility index (Phi) is 4.32. The molecule has 2 aromatic rings. The lowest BCUT2D eigenvalue weighted by Gasteiger charge is -2.31. The molecule has 0 aliphatic carbocycles. The third-order valence-corrected chi connectivity index (χ3v) is 4.63. The van der Waals surface area contributed by atoms with E-state index in [-0.39, 0.29) is 11.6 Å². The van der Waals surface area contributed by atoms with Crippen LogP contribution in [-0.2, 0) is 11.2 Å². The van der Waals surface area contributed by atoms with E-state index in [1.54, 1.807) is 11.5 Å². The number of amides is 1. The van der Waals surface area contributed by atoms with E-state index in [2.05, 4.69) is 10.2 Å². The quantitative estimate of drug-likeness (QED) is 0.937. The minimum atomic E-state index is -0.199. The average Bonchev–Trinajstić information content (AvgIpc) is 2.89. The number of nitrogens with one attached hydrogen (secondary N) is 1. The molecular formula is C17H22N4O2. The predicted molar refractivity (Wildman–Crippen MR) is 87.6 cm³/mol. The van der Waals surface area contributed by atoms with Gasteiger partial charge in [-0.15, -0.1) is 0 Å². The number of aromatic amines is 1. The highest BCUT2D eigenvalue weighted by Gasteiger charge is 2.23. The standard InChI is InChI=1S/C17H22N4O2/c1-12-5-3-4-6-15(12)21-16(18-19-17(21)23)11-14-7-9-20(10-8-14)13(2)22/h3-6,14H,7-11H2,1-2H3,(H,19,23). The summed E-state index contributed by atoms with van der Waals surface area (Å²) in [6.45, 7) is 5.19. The van der Waals surface area contributed by atoms with Crippen LogP contribution in [0.1, 0.15) is 31.2 Å². The number of nitrogens with zero attached hydrogens (tertiary/aromatic N) is 3. The molecule has 3 rings (SSSR count). The zero-order valence-electron chi connectivity index (χ0n) is 13.6. The number of para-hydroxylation sites is 1. The van der Waals surface area contributed by atoms with Crippen LogP contribution in [0.15, 0.2) is 29.1 Å². The van der Waals surface area contributed by atoms with E-state index >= 15 is 0 Å². The third-order valence-electron chi connectivity index (χ3n) is 4.63. The topological polar surface area (TPSA) is 71.0 Å². The number of hydrogen-bond acceptors (Lipinski definition) is 3. The molecule has 1 aliphatic rings. The number of hydrogen-bond donors (Lipinski definition) is 1. The normalized spacial score (nSPS) is 15.8. The number of rotatable bonds is 3. The Morgan fingerprint density at radius 2 is 2.00 bits per heavy atom. The van der Waals surface area contributed by atoms with Crippen molar-refractivity contribution in [3.8, 4) is 5.69 Å². The number of likely N-dealkylation sites (tertiary alicyclic amines) is 1. The Bertz CT molecular complexity index is 754. The summed E-state index contributed by atoms with van der Waals surface area (Å²) in [4.78, 5) is 25.5. The minimum Gasteiger partial charge on any atom is -0.343 e. The van der Waals surface area contributed by atoms with E-state index < -0.39 is 0 Å². The Morgan fingerprint density at radius 1 is 1.30 bits per heavy atom. The van der Waals surface area contributed by atoms with E-state index in [1.165, 1.54) is 0 Å². The second-order valence-electron chi connectivity index (χ2n) is 6.22. The number of benzene rings is 1. The van der Waals surface area contributed by atoms with E-state index in [9.17, 15) is 9.59 Å². The Labute approximate surface area is 135 Å². The maximum atomic E-state index is 12.2. The monoisotopic (exact) mass is 314 g/mol. The van der Waals surface area contributed by atoms with Gasteiger partial charge in [0.1, 0.15) is 5.82 Å². The lowest BCUT2D eigenvalue weighted by atomic mass is 9.93. The van der Waals surface area contributed by atoms with Crippen molar-refractivity contribution in [3.05, 3.63) is 46.1 Å². The van der Waals surface area contributed by atoms with Gasteiger partial charge in [0.05, 0.1) is 5.69 Å². The summed E-state index contributed by atoms with van der Waals surface area (Å²) in [5, 5.41) is 6.80. The summed E-state index contributed by atoms with van der Waals surface area (Å²) in [6.07, 6.45) is 2.65. The zero-order valence-corrected chi connectivity index (χ0v) is 13.6. The molecule has 0 unspecified atom stereocenters. The molecule has 2 heterocycles. The van der Waals surface area contributed by atoms with Gasteiger partial charge in [0, 0.05) is 26.4 Å². The molecule has 122 valence electrons. The molecule has 0 spiro atoms. The fourth-order valence-electron chi connectivity index (χ4n) is 3.24. The molecular weight excluding hydrogens is 292 g/mol. The Balaban J connectivity index is 1.79. The number of carbonyl (C=O) groups is 1. The molecule has 1 amide bonds. The van der Waals surface area contributed by atoms with Gasteiger partial charge in [-0.25, -0.2) is 14.5 Å². The molecule has 1 aliphatic heterocycles. The highest BCUT2D eigenvalue weighted by atomic mass is 16.2. The predicted octanol–water partition coefficient (Wildman–Crippen LogP) is 1.67. The summed E-state index contributed by atoms with van der Waals surface area (Å²) in [5.74, 6) is 1.36.